The summed E-state index contributed by atoms with van der Waals surface area (Å²) in [6, 6.07) is 7.60. The number of para-hydroxylation sites is 2. The van der Waals surface area contributed by atoms with E-state index in [4.69, 9.17) is 9.47 Å². The van der Waals surface area contributed by atoms with E-state index in [0.717, 1.165) is 50.6 Å². The third-order valence-electron chi connectivity index (χ3n) is 6.95. The van der Waals surface area contributed by atoms with Crippen LogP contribution in [0.3, 0.4) is 0 Å². The third-order valence-corrected chi connectivity index (χ3v) is 6.95. The first-order valence-electron chi connectivity index (χ1n) is 13.2. The lowest BCUT2D eigenvalue weighted by atomic mass is 9.82. The summed E-state index contributed by atoms with van der Waals surface area (Å²) in [4.78, 5) is 16.4. The Labute approximate surface area is 220 Å². The van der Waals surface area contributed by atoms with Crippen molar-refractivity contribution < 1.29 is 27.4 Å². The molecule has 1 aliphatic heterocycles. The number of piperazine rings is 1. The molecular weight excluding hydrogens is 483 g/mol. The number of hydrogen-bond donors (Lipinski definition) is 1. The van der Waals surface area contributed by atoms with Gasteiger partial charge in [0.2, 0.25) is 0 Å². The van der Waals surface area contributed by atoms with E-state index in [1.54, 1.807) is 12.1 Å². The highest BCUT2D eigenvalue weighted by Gasteiger charge is 2.31. The number of anilines is 1. The quantitative estimate of drug-likeness (QED) is 0.364. The minimum Gasteiger partial charge on any atom is -0.482 e. The molecule has 2 fully saturated rings. The van der Waals surface area contributed by atoms with Crippen molar-refractivity contribution in [3.8, 4) is 5.75 Å². The smallest absolute Gasteiger partial charge is 0.422 e. The van der Waals surface area contributed by atoms with E-state index in [9.17, 15) is 18.0 Å². The van der Waals surface area contributed by atoms with Gasteiger partial charge in [-0.1, -0.05) is 32.4 Å². The highest BCUT2D eigenvalue weighted by molar-refractivity contribution is 5.67. The van der Waals surface area contributed by atoms with Gasteiger partial charge in [-0.2, -0.15) is 13.2 Å². The molecular formula is C28H46F3N3O3. The molecule has 1 saturated heterocycles. The Bertz CT molecular complexity index is 813. The second-order valence-corrected chi connectivity index (χ2v) is 11.0. The fourth-order valence-electron chi connectivity index (χ4n) is 5.19. The molecule has 2 aliphatic rings. The van der Waals surface area contributed by atoms with Crippen LogP contribution in [-0.4, -0.2) is 68.1 Å². The Hall–Kier alpha value is -2.16. The zero-order valence-corrected chi connectivity index (χ0v) is 21.9. The van der Waals surface area contributed by atoms with Crippen LogP contribution < -0.4 is 15.0 Å². The minimum atomic E-state index is -4.35. The van der Waals surface area contributed by atoms with Gasteiger partial charge in [-0.05, 0) is 70.9 Å². The summed E-state index contributed by atoms with van der Waals surface area (Å²) in [6.45, 7) is 8.37. The Morgan fingerprint density at radius 2 is 1.65 bits per heavy atom. The SMILES string of the molecule is C.CC(C)(C)OC(=O)NCCCCC1CCC(N2CCN(c3ccccc3OCC(F)(F)F)CC2)CC1. The van der Waals surface area contributed by atoms with Crippen molar-refractivity contribution in [2.45, 2.75) is 91.0 Å². The number of carbonyl (C=O) groups excluding carboxylic acids is 1. The number of benzene rings is 1. The number of amides is 1. The van der Waals surface area contributed by atoms with Gasteiger partial charge in [0.15, 0.2) is 6.61 Å². The third kappa shape index (κ3) is 11.0. The lowest BCUT2D eigenvalue weighted by Gasteiger charge is -2.43. The van der Waals surface area contributed by atoms with Gasteiger partial charge in [0.05, 0.1) is 5.69 Å². The summed E-state index contributed by atoms with van der Waals surface area (Å²) in [7, 11) is 0. The molecule has 1 saturated carbocycles. The second-order valence-electron chi connectivity index (χ2n) is 11.0. The lowest BCUT2D eigenvalue weighted by molar-refractivity contribution is -0.153. The number of ether oxygens (including phenoxy) is 2. The number of unbranched alkanes of at least 4 members (excludes halogenated alkanes) is 1. The number of alkyl carbamates (subject to hydrolysis) is 1. The molecule has 1 N–H and O–H groups in total. The zero-order chi connectivity index (χ0) is 26.2. The van der Waals surface area contributed by atoms with Gasteiger partial charge in [-0.3, -0.25) is 4.90 Å². The molecule has 0 unspecified atom stereocenters. The van der Waals surface area contributed by atoms with Crippen LogP contribution in [0.4, 0.5) is 23.7 Å². The number of nitrogens with one attached hydrogen (secondary N) is 1. The second kappa shape index (κ2) is 14.1. The molecule has 37 heavy (non-hydrogen) atoms. The van der Waals surface area contributed by atoms with Crippen molar-refractivity contribution in [1.82, 2.24) is 10.2 Å². The van der Waals surface area contributed by atoms with Crippen LogP contribution in [0, 0.1) is 5.92 Å². The van der Waals surface area contributed by atoms with Gasteiger partial charge < -0.3 is 19.7 Å². The summed E-state index contributed by atoms with van der Waals surface area (Å²) in [6.07, 6.45) is 3.46. The first kappa shape index (κ1) is 31.1. The summed E-state index contributed by atoms with van der Waals surface area (Å²) < 4.78 is 48.2. The standard InChI is InChI=1S/C27H42F3N3O3.CH4/c1-26(2,3)36-25(34)31-15-7-6-8-21-11-13-22(14-12-21)32-16-18-33(19-17-32)23-9-4-5-10-24(23)35-20-27(28,29)30;/h4-5,9-10,21-22H,6-8,11-20H2,1-3H3,(H,31,34);1H4. The van der Waals surface area contributed by atoms with E-state index in [1.807, 2.05) is 32.9 Å². The van der Waals surface area contributed by atoms with Crippen LogP contribution in [-0.2, 0) is 4.74 Å². The van der Waals surface area contributed by atoms with Gasteiger partial charge in [0.25, 0.3) is 0 Å². The zero-order valence-electron chi connectivity index (χ0n) is 21.9. The Morgan fingerprint density at radius 1 is 1.00 bits per heavy atom. The van der Waals surface area contributed by atoms with Crippen molar-refractivity contribution in [2.75, 3.05) is 44.2 Å². The van der Waals surface area contributed by atoms with Crippen LogP contribution in [0.5, 0.6) is 5.75 Å². The Balaban J connectivity index is 0.00000481. The molecule has 0 aromatic heterocycles. The first-order chi connectivity index (χ1) is 17.0. The fraction of sp³-hybridized carbons (Fsp3) is 0.750. The van der Waals surface area contributed by atoms with Crippen molar-refractivity contribution in [3.05, 3.63) is 24.3 Å². The summed E-state index contributed by atoms with van der Waals surface area (Å²) >= 11 is 0. The average Bonchev–Trinajstić information content (AvgIpc) is 2.82. The molecule has 3 rings (SSSR count). The van der Waals surface area contributed by atoms with E-state index >= 15 is 0 Å². The predicted octanol–water partition coefficient (Wildman–Crippen LogP) is 6.64. The van der Waals surface area contributed by atoms with E-state index in [-0.39, 0.29) is 13.5 Å². The molecule has 0 bridgehead atoms. The van der Waals surface area contributed by atoms with E-state index in [2.05, 4.69) is 15.1 Å². The molecule has 0 atom stereocenters. The number of carbonyl (C=O) groups is 1. The van der Waals surface area contributed by atoms with Crippen LogP contribution in [0.2, 0.25) is 0 Å². The lowest BCUT2D eigenvalue weighted by Crippen LogP contribution is -2.51. The fourth-order valence-corrected chi connectivity index (χ4v) is 5.19. The van der Waals surface area contributed by atoms with E-state index in [1.165, 1.54) is 32.1 Å². The minimum absolute atomic E-state index is 0. The molecule has 1 aliphatic carbocycles. The maximum absolute atomic E-state index is 12.6. The molecule has 6 nitrogen and oxygen atoms in total. The van der Waals surface area contributed by atoms with Crippen molar-refractivity contribution >= 4 is 11.8 Å². The van der Waals surface area contributed by atoms with Crippen LogP contribution >= 0.6 is 0 Å². The first-order valence-corrected chi connectivity index (χ1v) is 13.2. The predicted molar refractivity (Wildman–Crippen MR) is 142 cm³/mol. The number of nitrogens with zero attached hydrogens (tertiary/aromatic N) is 2. The molecule has 1 aromatic rings. The van der Waals surface area contributed by atoms with Crippen LogP contribution in [0.1, 0.15) is 73.1 Å². The normalized spacial score (nSPS) is 21.2. The molecule has 0 radical (unpaired) electrons. The number of rotatable bonds is 9. The Kier molecular flexibility index (Phi) is 11.9. The highest BCUT2D eigenvalue weighted by Crippen LogP contribution is 2.33. The highest BCUT2D eigenvalue weighted by atomic mass is 19.4. The topological polar surface area (TPSA) is 54.0 Å². The van der Waals surface area contributed by atoms with Crippen molar-refractivity contribution in [1.29, 1.82) is 0 Å². The van der Waals surface area contributed by atoms with E-state index in [0.29, 0.717) is 18.3 Å². The average molecular weight is 530 g/mol. The van der Waals surface area contributed by atoms with Crippen molar-refractivity contribution in [3.63, 3.8) is 0 Å². The number of halogens is 3. The van der Waals surface area contributed by atoms with E-state index < -0.39 is 18.4 Å². The maximum atomic E-state index is 12.6. The van der Waals surface area contributed by atoms with Gasteiger partial charge >= 0.3 is 12.3 Å². The summed E-state index contributed by atoms with van der Waals surface area (Å²) in [5, 5.41) is 2.83. The van der Waals surface area contributed by atoms with Gasteiger partial charge in [0, 0.05) is 38.8 Å². The monoisotopic (exact) mass is 529 g/mol. The molecule has 1 aromatic carbocycles. The molecule has 1 heterocycles. The van der Waals surface area contributed by atoms with Crippen LogP contribution in [0.15, 0.2) is 24.3 Å². The molecule has 1 amide bonds. The molecule has 212 valence electrons. The molecule has 0 spiro atoms. The number of alkyl halides is 3. The number of hydrogen-bond acceptors (Lipinski definition) is 5. The maximum Gasteiger partial charge on any atom is 0.422 e. The van der Waals surface area contributed by atoms with Gasteiger partial charge in [0.1, 0.15) is 11.4 Å². The van der Waals surface area contributed by atoms with Gasteiger partial charge in [-0.25, -0.2) is 4.79 Å². The largest absolute Gasteiger partial charge is 0.482 e. The Morgan fingerprint density at radius 3 is 2.27 bits per heavy atom. The van der Waals surface area contributed by atoms with Crippen molar-refractivity contribution in [2.24, 2.45) is 5.92 Å². The summed E-state index contributed by atoms with van der Waals surface area (Å²) in [5.41, 5.74) is 0.275. The summed E-state index contributed by atoms with van der Waals surface area (Å²) in [5.74, 6) is 1.05. The van der Waals surface area contributed by atoms with Crippen LogP contribution in [0.25, 0.3) is 0 Å². The molecule has 9 heteroatoms. The van der Waals surface area contributed by atoms with Gasteiger partial charge in [-0.15, -0.1) is 0 Å².